The molecule has 0 spiro atoms. The van der Waals surface area contributed by atoms with Crippen LogP contribution < -0.4 is 5.32 Å². The number of nitrogens with zero attached hydrogens (tertiary/aromatic N) is 1. The van der Waals surface area contributed by atoms with Crippen molar-refractivity contribution in [3.05, 3.63) is 23.2 Å². The molecule has 2 N–H and O–H groups in total. The number of carbonyl (C=O) groups is 2. The monoisotopic (exact) mass is 312 g/mol. The minimum Gasteiger partial charge on any atom is -0.481 e. The molecule has 1 heterocycles. The van der Waals surface area contributed by atoms with Crippen LogP contribution in [0.1, 0.15) is 25.7 Å². The quantitative estimate of drug-likeness (QED) is 0.800. The number of carboxylic acids is 1. The Morgan fingerprint density at radius 2 is 2.05 bits per heavy atom. The largest absolute Gasteiger partial charge is 0.481 e. The van der Waals surface area contributed by atoms with Crippen LogP contribution >= 0.6 is 22.9 Å². The molecule has 1 aromatic heterocycles. The molecule has 1 aromatic carbocycles. The molecule has 0 aliphatic rings. The van der Waals surface area contributed by atoms with Crippen molar-refractivity contribution < 1.29 is 14.7 Å². The molecule has 0 aliphatic heterocycles. The maximum absolute atomic E-state index is 11.7. The van der Waals surface area contributed by atoms with Gasteiger partial charge >= 0.3 is 5.97 Å². The zero-order chi connectivity index (χ0) is 14.5. The molecular weight excluding hydrogens is 300 g/mol. The highest BCUT2D eigenvalue weighted by Crippen LogP contribution is 2.28. The van der Waals surface area contributed by atoms with Crippen molar-refractivity contribution in [1.29, 1.82) is 0 Å². The van der Waals surface area contributed by atoms with Crippen molar-refractivity contribution in [2.45, 2.75) is 25.7 Å². The summed E-state index contributed by atoms with van der Waals surface area (Å²) in [6, 6.07) is 5.36. The maximum atomic E-state index is 11.7. The zero-order valence-electron chi connectivity index (χ0n) is 10.6. The van der Waals surface area contributed by atoms with E-state index in [4.69, 9.17) is 16.7 Å². The number of carboxylic acid groups (broad SMARTS) is 1. The second-order valence-corrected chi connectivity index (χ2v) is 5.75. The number of hydrogen-bond acceptors (Lipinski definition) is 4. The van der Waals surface area contributed by atoms with Gasteiger partial charge in [-0.3, -0.25) is 9.59 Å². The van der Waals surface area contributed by atoms with E-state index in [0.29, 0.717) is 29.4 Å². The Labute approximate surface area is 124 Å². The van der Waals surface area contributed by atoms with Crippen LogP contribution in [0.4, 0.5) is 5.13 Å². The van der Waals surface area contributed by atoms with E-state index in [1.165, 1.54) is 11.3 Å². The topological polar surface area (TPSA) is 79.3 Å². The number of aliphatic carboxylic acids is 1. The Hall–Kier alpha value is -1.66. The molecule has 0 aliphatic carbocycles. The lowest BCUT2D eigenvalue weighted by atomic mass is 10.2. The molecule has 1 amide bonds. The van der Waals surface area contributed by atoms with Crippen LogP contribution in [0.25, 0.3) is 10.2 Å². The number of carbonyl (C=O) groups excluding carboxylic acids is 1. The van der Waals surface area contributed by atoms with E-state index < -0.39 is 5.97 Å². The summed E-state index contributed by atoms with van der Waals surface area (Å²) in [5.41, 5.74) is 0.792. The normalized spacial score (nSPS) is 10.7. The van der Waals surface area contributed by atoms with E-state index in [9.17, 15) is 9.59 Å². The van der Waals surface area contributed by atoms with Crippen LogP contribution in [0.3, 0.4) is 0 Å². The molecule has 0 bridgehead atoms. The fourth-order valence-electron chi connectivity index (χ4n) is 1.70. The average Bonchev–Trinajstić information content (AvgIpc) is 2.75. The van der Waals surface area contributed by atoms with Crippen molar-refractivity contribution in [2.75, 3.05) is 5.32 Å². The predicted molar refractivity (Wildman–Crippen MR) is 79.4 cm³/mol. The standard InChI is InChI=1S/C13H13ClN2O3S/c14-8-5-6-9-10(7-8)20-13(15-9)16-11(17)3-1-2-4-12(18)19/h5-7H,1-4H2,(H,18,19)(H,15,16,17). The zero-order valence-corrected chi connectivity index (χ0v) is 12.1. The number of benzene rings is 1. The minimum absolute atomic E-state index is 0.0902. The van der Waals surface area contributed by atoms with Crippen LogP contribution in [0.2, 0.25) is 5.02 Å². The van der Waals surface area contributed by atoms with Gasteiger partial charge in [-0.2, -0.15) is 0 Å². The van der Waals surface area contributed by atoms with Crippen LogP contribution in [0.5, 0.6) is 0 Å². The molecule has 7 heteroatoms. The molecule has 0 fully saturated rings. The van der Waals surface area contributed by atoms with Gasteiger partial charge in [0.25, 0.3) is 0 Å². The Morgan fingerprint density at radius 3 is 2.80 bits per heavy atom. The van der Waals surface area contributed by atoms with E-state index >= 15 is 0 Å². The number of rotatable bonds is 6. The van der Waals surface area contributed by atoms with Crippen molar-refractivity contribution >= 4 is 50.2 Å². The lowest BCUT2D eigenvalue weighted by Gasteiger charge is -2.00. The number of unbranched alkanes of at least 4 members (excludes halogenated alkanes) is 1. The summed E-state index contributed by atoms with van der Waals surface area (Å²) in [4.78, 5) is 26.3. The summed E-state index contributed by atoms with van der Waals surface area (Å²) >= 11 is 7.25. The highest BCUT2D eigenvalue weighted by molar-refractivity contribution is 7.22. The van der Waals surface area contributed by atoms with Gasteiger partial charge in [-0.05, 0) is 31.0 Å². The number of aromatic nitrogens is 1. The minimum atomic E-state index is -0.839. The Morgan fingerprint density at radius 1 is 1.30 bits per heavy atom. The highest BCUT2D eigenvalue weighted by atomic mass is 35.5. The molecule has 2 aromatic rings. The van der Waals surface area contributed by atoms with Gasteiger partial charge in [-0.1, -0.05) is 22.9 Å². The first-order chi connectivity index (χ1) is 9.54. The molecule has 0 saturated carbocycles. The van der Waals surface area contributed by atoms with Gasteiger partial charge < -0.3 is 10.4 Å². The van der Waals surface area contributed by atoms with Gasteiger partial charge in [0, 0.05) is 17.9 Å². The van der Waals surface area contributed by atoms with Gasteiger partial charge in [0.05, 0.1) is 10.2 Å². The fourth-order valence-corrected chi connectivity index (χ4v) is 2.85. The van der Waals surface area contributed by atoms with Crippen LogP contribution in [0, 0.1) is 0 Å². The maximum Gasteiger partial charge on any atom is 0.303 e. The number of halogens is 1. The molecule has 0 atom stereocenters. The van der Waals surface area contributed by atoms with Gasteiger partial charge in [0.1, 0.15) is 0 Å². The number of hydrogen-bond donors (Lipinski definition) is 2. The summed E-state index contributed by atoms with van der Waals surface area (Å²) in [5, 5.41) is 12.4. The lowest BCUT2D eigenvalue weighted by molar-refractivity contribution is -0.137. The average molecular weight is 313 g/mol. The van der Waals surface area contributed by atoms with Gasteiger partial charge in [0.2, 0.25) is 5.91 Å². The third-order valence-corrected chi connectivity index (χ3v) is 3.81. The molecule has 0 unspecified atom stereocenters. The molecule has 106 valence electrons. The number of amides is 1. The number of nitrogens with one attached hydrogen (secondary N) is 1. The fraction of sp³-hybridized carbons (Fsp3) is 0.308. The highest BCUT2D eigenvalue weighted by Gasteiger charge is 2.08. The summed E-state index contributed by atoms with van der Waals surface area (Å²) in [6.07, 6.45) is 1.43. The van der Waals surface area contributed by atoms with Crippen LogP contribution in [0.15, 0.2) is 18.2 Å². The number of anilines is 1. The molecule has 0 saturated heterocycles. The van der Waals surface area contributed by atoms with Crippen molar-refractivity contribution in [3.63, 3.8) is 0 Å². The van der Waals surface area contributed by atoms with Gasteiger partial charge in [0.15, 0.2) is 5.13 Å². The van der Waals surface area contributed by atoms with Crippen LogP contribution in [-0.4, -0.2) is 22.0 Å². The Kier molecular flexibility index (Phi) is 4.92. The smallest absolute Gasteiger partial charge is 0.303 e. The second-order valence-electron chi connectivity index (χ2n) is 4.28. The van der Waals surface area contributed by atoms with Crippen molar-refractivity contribution in [2.24, 2.45) is 0 Å². The summed E-state index contributed by atoms with van der Waals surface area (Å²) in [6.45, 7) is 0. The molecule has 20 heavy (non-hydrogen) atoms. The van der Waals surface area contributed by atoms with Gasteiger partial charge in [-0.25, -0.2) is 4.98 Å². The van der Waals surface area contributed by atoms with Gasteiger partial charge in [-0.15, -0.1) is 0 Å². The third-order valence-electron chi connectivity index (χ3n) is 2.64. The second kappa shape index (κ2) is 6.67. The van der Waals surface area contributed by atoms with E-state index in [1.54, 1.807) is 18.2 Å². The SMILES string of the molecule is O=C(O)CCCCC(=O)Nc1nc2ccc(Cl)cc2s1. The van der Waals surface area contributed by atoms with E-state index in [-0.39, 0.29) is 12.3 Å². The van der Waals surface area contributed by atoms with E-state index in [1.807, 2.05) is 0 Å². The van der Waals surface area contributed by atoms with E-state index in [2.05, 4.69) is 10.3 Å². The Balaban J connectivity index is 1.88. The third kappa shape index (κ3) is 4.18. The predicted octanol–water partition coefficient (Wildman–Crippen LogP) is 3.53. The molecule has 2 rings (SSSR count). The first kappa shape index (κ1) is 14.7. The van der Waals surface area contributed by atoms with Crippen LogP contribution in [-0.2, 0) is 9.59 Å². The Bertz CT molecular complexity index is 642. The number of thiazole rings is 1. The summed E-state index contributed by atoms with van der Waals surface area (Å²) in [7, 11) is 0. The first-order valence-electron chi connectivity index (χ1n) is 6.12. The molecular formula is C13H13ClN2O3S. The van der Waals surface area contributed by atoms with Crippen molar-refractivity contribution in [1.82, 2.24) is 4.98 Å². The summed E-state index contributed by atoms with van der Waals surface area (Å²) < 4.78 is 0.915. The number of fused-ring (bicyclic) bond motifs is 1. The molecule has 5 nitrogen and oxygen atoms in total. The first-order valence-corrected chi connectivity index (χ1v) is 7.32. The van der Waals surface area contributed by atoms with E-state index in [0.717, 1.165) is 10.2 Å². The lowest BCUT2D eigenvalue weighted by Crippen LogP contribution is -2.11. The van der Waals surface area contributed by atoms with Crippen molar-refractivity contribution in [3.8, 4) is 0 Å². The summed E-state index contributed by atoms with van der Waals surface area (Å²) in [5.74, 6) is -0.992. The molecule has 0 radical (unpaired) electrons.